The van der Waals surface area contributed by atoms with Gasteiger partial charge >= 0.3 is 0 Å². The van der Waals surface area contributed by atoms with Crippen LogP contribution in [0.2, 0.25) is 5.02 Å². The molecule has 4 rings (SSSR count). The van der Waals surface area contributed by atoms with Gasteiger partial charge in [0.15, 0.2) is 0 Å². The van der Waals surface area contributed by atoms with Crippen LogP contribution >= 0.6 is 11.6 Å². The van der Waals surface area contributed by atoms with Crippen molar-refractivity contribution in [2.45, 2.75) is 44.9 Å². The van der Waals surface area contributed by atoms with Gasteiger partial charge in [0.1, 0.15) is 5.82 Å². The Balaban J connectivity index is 1.59. The highest BCUT2D eigenvalue weighted by Crippen LogP contribution is 2.35. The number of amides is 1. The number of benzene rings is 1. The van der Waals surface area contributed by atoms with Gasteiger partial charge in [0.2, 0.25) is 0 Å². The summed E-state index contributed by atoms with van der Waals surface area (Å²) in [5, 5.41) is 0.582. The topological polar surface area (TPSA) is 59.0 Å². The number of pyridine rings is 1. The summed E-state index contributed by atoms with van der Waals surface area (Å²) in [7, 11) is 0. The third-order valence-electron chi connectivity index (χ3n) is 5.72. The first-order chi connectivity index (χ1) is 14.8. The van der Waals surface area contributed by atoms with E-state index in [1.165, 1.54) is 0 Å². The summed E-state index contributed by atoms with van der Waals surface area (Å²) < 4.78 is 0. The Kier molecular flexibility index (Phi) is 6.05. The number of piperidine rings is 1. The van der Waals surface area contributed by atoms with Crippen molar-refractivity contribution < 1.29 is 4.79 Å². The number of rotatable bonds is 3. The van der Waals surface area contributed by atoms with Crippen LogP contribution in [0.1, 0.15) is 61.4 Å². The normalized spacial score (nSPS) is 15.2. The zero-order valence-corrected chi connectivity index (χ0v) is 18.9. The summed E-state index contributed by atoms with van der Waals surface area (Å²) in [5.74, 6) is 1.15. The van der Waals surface area contributed by atoms with E-state index in [4.69, 9.17) is 16.6 Å². The highest BCUT2D eigenvalue weighted by atomic mass is 35.5. The molecule has 0 N–H and O–H groups in total. The van der Waals surface area contributed by atoms with Crippen LogP contribution < -0.4 is 0 Å². The summed E-state index contributed by atoms with van der Waals surface area (Å²) in [6, 6.07) is 11.2. The lowest BCUT2D eigenvalue weighted by Crippen LogP contribution is -2.38. The molecule has 0 saturated carbocycles. The van der Waals surface area contributed by atoms with Crippen molar-refractivity contribution in [2.75, 3.05) is 13.1 Å². The van der Waals surface area contributed by atoms with Crippen LogP contribution in [-0.4, -0.2) is 38.8 Å². The second kappa shape index (κ2) is 8.75. The molecule has 1 amide bonds. The van der Waals surface area contributed by atoms with E-state index < -0.39 is 0 Å². The van der Waals surface area contributed by atoms with Crippen LogP contribution in [0, 0.1) is 0 Å². The van der Waals surface area contributed by atoms with E-state index in [1.54, 1.807) is 24.5 Å². The zero-order valence-electron chi connectivity index (χ0n) is 18.2. The third-order valence-corrected chi connectivity index (χ3v) is 5.96. The first-order valence-electron chi connectivity index (χ1n) is 10.7. The van der Waals surface area contributed by atoms with Crippen molar-refractivity contribution in [1.82, 2.24) is 19.9 Å². The first kappa shape index (κ1) is 21.4. The second-order valence-electron chi connectivity index (χ2n) is 9.06. The van der Waals surface area contributed by atoms with Crippen molar-refractivity contribution in [3.8, 4) is 11.1 Å². The van der Waals surface area contributed by atoms with E-state index in [0.717, 1.165) is 35.5 Å². The molecule has 2 aromatic heterocycles. The minimum Gasteiger partial charge on any atom is -0.339 e. The molecule has 0 bridgehead atoms. The number of halogens is 1. The molecule has 3 aromatic rings. The molecule has 5 nitrogen and oxygen atoms in total. The lowest BCUT2D eigenvalue weighted by Gasteiger charge is -2.33. The van der Waals surface area contributed by atoms with E-state index in [-0.39, 0.29) is 17.2 Å². The fraction of sp³-hybridized carbons (Fsp3) is 0.360. The molecule has 31 heavy (non-hydrogen) atoms. The van der Waals surface area contributed by atoms with E-state index in [0.29, 0.717) is 23.7 Å². The van der Waals surface area contributed by atoms with Gasteiger partial charge in [0.25, 0.3) is 5.91 Å². The van der Waals surface area contributed by atoms with Crippen LogP contribution in [0.3, 0.4) is 0 Å². The van der Waals surface area contributed by atoms with Gasteiger partial charge in [-0.05, 0) is 48.7 Å². The second-order valence-corrected chi connectivity index (χ2v) is 9.49. The Morgan fingerprint density at radius 2 is 1.81 bits per heavy atom. The molecule has 0 atom stereocenters. The van der Waals surface area contributed by atoms with E-state index in [9.17, 15) is 4.79 Å². The standard InChI is InChI=1S/C25H27ClN4O/c1-25(2,3)24-28-16-21(17-7-11-27-12-8-17)22(29-24)18-9-13-30(14-10-18)23(31)19-5-4-6-20(26)15-19/h4-8,11-12,15-16,18H,9-10,13-14H2,1-3H3. The van der Waals surface area contributed by atoms with Crippen LogP contribution in [0.15, 0.2) is 55.0 Å². The minimum absolute atomic E-state index is 0.0355. The number of carbonyl (C=O) groups is 1. The van der Waals surface area contributed by atoms with Crippen molar-refractivity contribution in [3.05, 3.63) is 77.1 Å². The quantitative estimate of drug-likeness (QED) is 0.545. The zero-order chi connectivity index (χ0) is 22.0. The largest absolute Gasteiger partial charge is 0.339 e. The molecule has 6 heteroatoms. The van der Waals surface area contributed by atoms with Gasteiger partial charge in [-0.15, -0.1) is 0 Å². The molecule has 1 aromatic carbocycles. The Hall–Kier alpha value is -2.79. The Labute approximate surface area is 188 Å². The molecule has 1 aliphatic heterocycles. The molecular formula is C25H27ClN4O. The van der Waals surface area contributed by atoms with Gasteiger partial charge < -0.3 is 4.90 Å². The van der Waals surface area contributed by atoms with Gasteiger partial charge in [-0.1, -0.05) is 38.4 Å². The van der Waals surface area contributed by atoms with Crippen LogP contribution in [-0.2, 0) is 5.41 Å². The highest BCUT2D eigenvalue weighted by molar-refractivity contribution is 6.30. The number of hydrogen-bond acceptors (Lipinski definition) is 4. The molecule has 3 heterocycles. The minimum atomic E-state index is -0.130. The van der Waals surface area contributed by atoms with Crippen molar-refractivity contribution >= 4 is 17.5 Å². The molecule has 1 aliphatic rings. The average molecular weight is 435 g/mol. The van der Waals surface area contributed by atoms with Crippen LogP contribution in [0.25, 0.3) is 11.1 Å². The maximum atomic E-state index is 12.9. The first-order valence-corrected chi connectivity index (χ1v) is 11.0. The molecule has 1 fully saturated rings. The van der Waals surface area contributed by atoms with Crippen LogP contribution in [0.5, 0.6) is 0 Å². The lowest BCUT2D eigenvalue weighted by molar-refractivity contribution is 0.0712. The molecule has 0 unspecified atom stereocenters. The number of carbonyl (C=O) groups excluding carboxylic acids is 1. The monoisotopic (exact) mass is 434 g/mol. The van der Waals surface area contributed by atoms with Gasteiger partial charge in [0.05, 0.1) is 5.69 Å². The smallest absolute Gasteiger partial charge is 0.253 e. The molecule has 0 spiro atoms. The molecular weight excluding hydrogens is 408 g/mol. The fourth-order valence-corrected chi connectivity index (χ4v) is 4.17. The van der Waals surface area contributed by atoms with Crippen LogP contribution in [0.4, 0.5) is 0 Å². The molecule has 0 radical (unpaired) electrons. The SMILES string of the molecule is CC(C)(C)c1ncc(-c2ccncc2)c(C2CCN(C(=O)c3cccc(Cl)c3)CC2)n1. The highest BCUT2D eigenvalue weighted by Gasteiger charge is 2.29. The van der Waals surface area contributed by atoms with Gasteiger partial charge in [-0.3, -0.25) is 9.78 Å². The van der Waals surface area contributed by atoms with E-state index >= 15 is 0 Å². The summed E-state index contributed by atoms with van der Waals surface area (Å²) >= 11 is 6.07. The van der Waals surface area contributed by atoms with Crippen molar-refractivity contribution in [1.29, 1.82) is 0 Å². The summed E-state index contributed by atoms with van der Waals surface area (Å²) in [6.07, 6.45) is 7.27. The predicted molar refractivity (Wildman–Crippen MR) is 123 cm³/mol. The number of likely N-dealkylation sites (tertiary alicyclic amines) is 1. The van der Waals surface area contributed by atoms with Gasteiger partial charge in [0, 0.05) is 59.2 Å². The van der Waals surface area contributed by atoms with Gasteiger partial charge in [-0.2, -0.15) is 0 Å². The molecule has 160 valence electrons. The van der Waals surface area contributed by atoms with Gasteiger partial charge in [-0.25, -0.2) is 9.97 Å². The summed E-state index contributed by atoms with van der Waals surface area (Å²) in [4.78, 5) is 28.7. The lowest BCUT2D eigenvalue weighted by atomic mass is 9.87. The summed E-state index contributed by atoms with van der Waals surface area (Å²) in [6.45, 7) is 7.78. The summed E-state index contributed by atoms with van der Waals surface area (Å²) in [5.41, 5.74) is 3.70. The Morgan fingerprint density at radius 3 is 2.45 bits per heavy atom. The maximum Gasteiger partial charge on any atom is 0.253 e. The average Bonchev–Trinajstić information content (AvgIpc) is 2.78. The maximum absolute atomic E-state index is 12.9. The number of hydrogen-bond donors (Lipinski definition) is 0. The van der Waals surface area contributed by atoms with Crippen molar-refractivity contribution in [2.24, 2.45) is 0 Å². The fourth-order valence-electron chi connectivity index (χ4n) is 3.98. The molecule has 1 saturated heterocycles. The van der Waals surface area contributed by atoms with Crippen molar-refractivity contribution in [3.63, 3.8) is 0 Å². The molecule has 0 aliphatic carbocycles. The number of aromatic nitrogens is 3. The van der Waals surface area contributed by atoms with E-state index in [2.05, 4.69) is 30.7 Å². The third kappa shape index (κ3) is 4.77. The number of nitrogens with zero attached hydrogens (tertiary/aromatic N) is 4. The van der Waals surface area contributed by atoms with E-state index in [1.807, 2.05) is 35.4 Å². The Morgan fingerprint density at radius 1 is 1.10 bits per heavy atom. The predicted octanol–water partition coefficient (Wildman–Crippen LogP) is 5.51. The Bertz CT molecular complexity index is 1070.